The molecule has 0 atom stereocenters. The maximum atomic E-state index is 9.01. The van der Waals surface area contributed by atoms with Crippen LogP contribution in [-0.2, 0) is 26.5 Å². The van der Waals surface area contributed by atoms with Gasteiger partial charge < -0.3 is 9.97 Å². The zero-order valence-electron chi connectivity index (χ0n) is 32.8. The molecule has 0 fully saturated rings. The first-order valence-corrected chi connectivity index (χ1v) is 25.3. The van der Waals surface area contributed by atoms with Crippen molar-refractivity contribution < 1.29 is 22.8 Å². The van der Waals surface area contributed by atoms with Crippen LogP contribution >= 0.6 is 11.3 Å². The molecule has 1 radical (unpaired) electrons. The largest absolute Gasteiger partial charge is 0.305 e. The molecule has 0 N–H and O–H groups in total. The van der Waals surface area contributed by atoms with Gasteiger partial charge in [0, 0.05) is 39.9 Å². The number of nitrogens with zero attached hydrogens (tertiary/aromatic N) is 2. The van der Waals surface area contributed by atoms with E-state index in [0.717, 1.165) is 38.0 Å². The summed E-state index contributed by atoms with van der Waals surface area (Å²) in [6, 6.07) is 45.4. The van der Waals surface area contributed by atoms with E-state index in [0.29, 0.717) is 11.1 Å². The number of hydrogen-bond donors (Lipinski definition) is 0. The molecule has 2 nitrogen and oxygen atoms in total. The van der Waals surface area contributed by atoms with Crippen molar-refractivity contribution in [3.05, 3.63) is 156 Å². The molecule has 5 aromatic carbocycles. The van der Waals surface area contributed by atoms with Crippen molar-refractivity contribution in [1.29, 1.82) is 0 Å². The van der Waals surface area contributed by atoms with Crippen LogP contribution in [0.2, 0.25) is 39.3 Å². The van der Waals surface area contributed by atoms with Crippen LogP contribution in [0.1, 0.15) is 19.4 Å². The van der Waals surface area contributed by atoms with E-state index in [1.54, 1.807) is 23.6 Å². The van der Waals surface area contributed by atoms with Gasteiger partial charge in [0.25, 0.3) is 0 Å². The van der Waals surface area contributed by atoms with E-state index >= 15 is 0 Å². The fraction of sp³-hybridized carbons (Fsp3) is 0.174. The van der Waals surface area contributed by atoms with Gasteiger partial charge in [-0.1, -0.05) is 122 Å². The van der Waals surface area contributed by atoms with E-state index in [1.807, 2.05) is 72.8 Å². The van der Waals surface area contributed by atoms with Crippen LogP contribution in [0.4, 0.5) is 0 Å². The van der Waals surface area contributed by atoms with Gasteiger partial charge in [0.1, 0.15) is 0 Å². The van der Waals surface area contributed by atoms with Crippen molar-refractivity contribution in [2.24, 2.45) is 0 Å². The van der Waals surface area contributed by atoms with E-state index in [9.17, 15) is 0 Å². The molecular weight excluding hydrogens is 861 g/mol. The van der Waals surface area contributed by atoms with Crippen LogP contribution in [0.5, 0.6) is 0 Å². The second-order valence-corrected chi connectivity index (χ2v) is 26.4. The molecule has 0 saturated heterocycles. The molecule has 8 rings (SSSR count). The van der Waals surface area contributed by atoms with E-state index < -0.39 is 22.5 Å². The maximum Gasteiger partial charge on any atom is 0.0798 e. The predicted octanol–water partition coefficient (Wildman–Crippen LogP) is 11.6. The zero-order chi connectivity index (χ0) is 37.5. The quantitative estimate of drug-likeness (QED) is 0.123. The molecule has 8 aromatic rings. The van der Waals surface area contributed by atoms with Gasteiger partial charge in [-0.2, -0.15) is 11.3 Å². The predicted molar refractivity (Wildman–Crippen MR) is 227 cm³/mol. The third kappa shape index (κ3) is 8.28. The number of thiophene rings is 1. The fourth-order valence-corrected chi connectivity index (χ4v) is 10.6. The van der Waals surface area contributed by atoms with Crippen molar-refractivity contribution in [2.75, 3.05) is 0 Å². The fourth-order valence-electron chi connectivity index (χ4n) is 6.52. The van der Waals surface area contributed by atoms with E-state index in [2.05, 4.69) is 111 Å². The summed E-state index contributed by atoms with van der Waals surface area (Å²) in [5.74, 6) is 0. The van der Waals surface area contributed by atoms with Crippen LogP contribution in [0, 0.1) is 19.1 Å². The topological polar surface area (TPSA) is 25.8 Å². The summed E-state index contributed by atoms with van der Waals surface area (Å²) in [7, 11) is -2.70. The van der Waals surface area contributed by atoms with Crippen LogP contribution in [0.15, 0.2) is 128 Å². The minimum absolute atomic E-state index is 0. The molecule has 0 aliphatic carbocycles. The molecule has 0 amide bonds. The summed E-state index contributed by atoms with van der Waals surface area (Å²) < 4.78 is 20.4. The van der Waals surface area contributed by atoms with Crippen molar-refractivity contribution >= 4 is 68.8 Å². The van der Waals surface area contributed by atoms with E-state index in [1.165, 1.54) is 31.4 Å². The SMILES string of the molecule is Cc1cc(-c2[c-]cccc2)ncc1[Si](C)(C)C.[2H]C([2H])(c1ccnc(-c2[c-]ccc3c2sc2ccc([Si](C)(C)C)cc23)c1)c1ccc2ccccc2c1.[Ir]. The van der Waals surface area contributed by atoms with Crippen molar-refractivity contribution in [3.8, 4) is 22.5 Å². The van der Waals surface area contributed by atoms with E-state index in [4.69, 9.17) is 2.74 Å². The number of hydrogen-bond acceptors (Lipinski definition) is 3. The summed E-state index contributed by atoms with van der Waals surface area (Å²) >= 11 is 1.76. The van der Waals surface area contributed by atoms with Crippen molar-refractivity contribution in [2.45, 2.75) is 52.6 Å². The van der Waals surface area contributed by atoms with Crippen molar-refractivity contribution in [3.63, 3.8) is 0 Å². The standard InChI is InChI=1S/C31H26NSSi.C15H18NSi.Ir/c1-34(2,3)25-13-14-30-28(20-25)26-9-6-10-27(31(26)33-30)29-19-22(15-16-32-29)17-21-11-12-23-7-4-5-8-24(23)18-21;1-12-10-14(13-8-6-5-7-9-13)16-11-15(12)17(2,3)4;/h4-9,11-16,18-20H,17H2,1-3H3;5-8,10-11H,1-4H3;/q2*-1;/i17D2;;. The molecule has 3 aromatic heterocycles. The van der Waals surface area contributed by atoms with Gasteiger partial charge in [-0.25, -0.2) is 0 Å². The molecule has 0 bridgehead atoms. The summed E-state index contributed by atoms with van der Waals surface area (Å²) in [6.45, 7) is 16.4. The van der Waals surface area contributed by atoms with Gasteiger partial charge in [-0.3, -0.25) is 0 Å². The smallest absolute Gasteiger partial charge is 0.0798 e. The molecule has 52 heavy (non-hydrogen) atoms. The molecule has 263 valence electrons. The Morgan fingerprint density at radius 1 is 0.673 bits per heavy atom. The number of aromatic nitrogens is 2. The Hall–Kier alpha value is -4.04. The van der Waals surface area contributed by atoms with Crippen LogP contribution < -0.4 is 10.4 Å². The van der Waals surface area contributed by atoms with Gasteiger partial charge in [-0.05, 0) is 74.0 Å². The summed E-state index contributed by atoms with van der Waals surface area (Å²) in [5.41, 5.74) is 6.35. The van der Waals surface area contributed by atoms with Gasteiger partial charge in [0.2, 0.25) is 0 Å². The monoisotopic (exact) mass is 907 g/mol. The number of aryl methyl sites for hydroxylation is 1. The van der Waals surface area contributed by atoms with Gasteiger partial charge in [0.05, 0.1) is 16.1 Å². The van der Waals surface area contributed by atoms with E-state index in [-0.39, 0.29) is 20.1 Å². The van der Waals surface area contributed by atoms with Crippen molar-refractivity contribution in [1.82, 2.24) is 9.97 Å². The van der Waals surface area contributed by atoms with Crippen LogP contribution in [-0.4, -0.2) is 26.1 Å². The molecule has 0 aliphatic rings. The number of fused-ring (bicyclic) bond motifs is 4. The minimum atomic E-state index is -1.65. The summed E-state index contributed by atoms with van der Waals surface area (Å²) in [5, 5.41) is 7.54. The number of benzene rings is 5. The maximum absolute atomic E-state index is 9.01. The molecule has 0 spiro atoms. The molecule has 0 saturated carbocycles. The molecule has 3 heterocycles. The molecule has 6 heteroatoms. The van der Waals surface area contributed by atoms with Gasteiger partial charge in [0.15, 0.2) is 0 Å². The van der Waals surface area contributed by atoms with Crippen LogP contribution in [0.25, 0.3) is 53.5 Å². The number of rotatable bonds is 6. The first-order valence-electron chi connectivity index (χ1n) is 18.5. The molecular formula is C46H44IrN2SSi2-2. The second-order valence-electron chi connectivity index (χ2n) is 15.2. The third-order valence-corrected chi connectivity index (χ3v) is 14.6. The zero-order valence-corrected chi connectivity index (χ0v) is 36.0. The summed E-state index contributed by atoms with van der Waals surface area (Å²) in [6.07, 6.45) is 2.12. The Kier molecular flexibility index (Phi) is 10.4. The Labute approximate surface area is 331 Å². The number of pyridine rings is 2. The summed E-state index contributed by atoms with van der Waals surface area (Å²) in [4.78, 5) is 9.24. The Morgan fingerprint density at radius 2 is 1.44 bits per heavy atom. The first-order chi connectivity index (χ1) is 25.2. The van der Waals surface area contributed by atoms with Crippen LogP contribution in [0.3, 0.4) is 0 Å². The average molecular weight is 907 g/mol. The molecule has 0 unspecified atom stereocenters. The Morgan fingerprint density at radius 3 is 2.17 bits per heavy atom. The Balaban J connectivity index is 0.000000233. The average Bonchev–Trinajstić information content (AvgIpc) is 3.53. The Bertz CT molecular complexity index is 2590. The first kappa shape index (κ1) is 35.0. The second kappa shape index (κ2) is 15.5. The van der Waals surface area contributed by atoms with Gasteiger partial charge in [-0.15, -0.1) is 59.7 Å². The van der Waals surface area contributed by atoms with Gasteiger partial charge >= 0.3 is 0 Å². The normalized spacial score (nSPS) is 12.5. The minimum Gasteiger partial charge on any atom is -0.305 e. The molecule has 0 aliphatic heterocycles. The third-order valence-electron chi connectivity index (χ3n) is 9.26.